The Labute approximate surface area is 121 Å². The van der Waals surface area contributed by atoms with Crippen LogP contribution in [0.5, 0.6) is 0 Å². The fourth-order valence-electron chi connectivity index (χ4n) is 2.73. The van der Waals surface area contributed by atoms with Crippen molar-refractivity contribution in [2.24, 2.45) is 5.92 Å². The number of aryl methyl sites for hydroxylation is 1. The molecule has 1 aromatic heterocycles. The Morgan fingerprint density at radius 1 is 1.25 bits per heavy atom. The van der Waals surface area contributed by atoms with Crippen LogP contribution in [0.2, 0.25) is 0 Å². The molecular weight excluding hydrogens is 276 g/mol. The molecule has 0 spiro atoms. The van der Waals surface area contributed by atoms with Gasteiger partial charge in [0.2, 0.25) is 5.91 Å². The molecule has 6 heteroatoms. The van der Waals surface area contributed by atoms with Crippen molar-refractivity contribution in [2.75, 3.05) is 13.1 Å². The van der Waals surface area contributed by atoms with E-state index in [1.165, 1.54) is 11.3 Å². The van der Waals surface area contributed by atoms with E-state index in [2.05, 4.69) is 4.98 Å². The van der Waals surface area contributed by atoms with Crippen molar-refractivity contribution in [1.82, 2.24) is 9.88 Å². The Bertz CT molecular complexity index is 543. The quantitative estimate of drug-likeness (QED) is 0.928. The lowest BCUT2D eigenvalue weighted by molar-refractivity contribution is -0.133. The summed E-state index contributed by atoms with van der Waals surface area (Å²) in [7, 11) is 0. The number of hydrogen-bond donors (Lipinski definition) is 1. The smallest absolute Gasteiger partial charge is 0.347 e. The summed E-state index contributed by atoms with van der Waals surface area (Å²) in [4.78, 5) is 29.8. The third-order valence-corrected chi connectivity index (χ3v) is 5.40. The van der Waals surface area contributed by atoms with Gasteiger partial charge in [0.25, 0.3) is 0 Å². The molecule has 2 heterocycles. The number of carboxylic acid groups (broad SMARTS) is 1. The minimum absolute atomic E-state index is 0.285. The standard InChI is InChI=1S/C14H18N2O3S/c1-8-11(14(18)19)20-12(15-8)9-4-6-16(7-5-9)13(17)10-2-3-10/h9-10H,2-7H2,1H3,(H,18,19). The van der Waals surface area contributed by atoms with Gasteiger partial charge in [0.05, 0.1) is 10.7 Å². The lowest BCUT2D eigenvalue weighted by Gasteiger charge is -2.31. The summed E-state index contributed by atoms with van der Waals surface area (Å²) in [6.07, 6.45) is 3.88. The van der Waals surface area contributed by atoms with Gasteiger partial charge in [-0.3, -0.25) is 4.79 Å². The van der Waals surface area contributed by atoms with Crippen molar-refractivity contribution in [1.29, 1.82) is 0 Å². The van der Waals surface area contributed by atoms with Gasteiger partial charge < -0.3 is 10.0 Å². The van der Waals surface area contributed by atoms with Gasteiger partial charge in [-0.15, -0.1) is 11.3 Å². The first-order valence-electron chi connectivity index (χ1n) is 7.05. The number of likely N-dealkylation sites (tertiary alicyclic amines) is 1. The van der Waals surface area contributed by atoms with Crippen LogP contribution < -0.4 is 0 Å². The van der Waals surface area contributed by atoms with Crippen LogP contribution in [0.3, 0.4) is 0 Å². The average Bonchev–Trinajstić information content (AvgIpc) is 3.20. The van der Waals surface area contributed by atoms with Crippen LogP contribution in [0, 0.1) is 12.8 Å². The van der Waals surface area contributed by atoms with E-state index < -0.39 is 5.97 Å². The van der Waals surface area contributed by atoms with Crippen LogP contribution in [-0.4, -0.2) is 40.0 Å². The van der Waals surface area contributed by atoms with Crippen molar-refractivity contribution >= 4 is 23.2 Å². The van der Waals surface area contributed by atoms with Crippen LogP contribution in [0.1, 0.15) is 52.0 Å². The zero-order valence-corrected chi connectivity index (χ0v) is 12.3. The molecule has 1 aromatic rings. The summed E-state index contributed by atoms with van der Waals surface area (Å²) in [5.41, 5.74) is 0.606. The molecule has 1 saturated heterocycles. The SMILES string of the molecule is Cc1nc(C2CCN(C(=O)C3CC3)CC2)sc1C(=O)O. The summed E-state index contributed by atoms with van der Waals surface area (Å²) in [5.74, 6) is -0.0000789. The Kier molecular flexibility index (Phi) is 3.50. The first-order valence-corrected chi connectivity index (χ1v) is 7.87. The fraction of sp³-hybridized carbons (Fsp3) is 0.643. The number of hydrogen-bond acceptors (Lipinski definition) is 4. The maximum atomic E-state index is 12.0. The molecule has 1 N–H and O–H groups in total. The number of amides is 1. The monoisotopic (exact) mass is 294 g/mol. The van der Waals surface area contributed by atoms with Crippen molar-refractivity contribution < 1.29 is 14.7 Å². The summed E-state index contributed by atoms with van der Waals surface area (Å²) >= 11 is 1.29. The largest absolute Gasteiger partial charge is 0.477 e. The number of rotatable bonds is 3. The number of carbonyl (C=O) groups is 2. The normalized spacial score (nSPS) is 20.1. The number of nitrogens with zero attached hydrogens (tertiary/aromatic N) is 2. The number of carbonyl (C=O) groups excluding carboxylic acids is 1. The van der Waals surface area contributed by atoms with E-state index in [0.29, 0.717) is 22.4 Å². The molecular formula is C14H18N2O3S. The molecule has 0 bridgehead atoms. The number of aromatic carboxylic acids is 1. The number of carboxylic acids is 1. The lowest BCUT2D eigenvalue weighted by atomic mass is 9.97. The van der Waals surface area contributed by atoms with Crippen molar-refractivity contribution in [3.05, 3.63) is 15.6 Å². The molecule has 20 heavy (non-hydrogen) atoms. The van der Waals surface area contributed by atoms with E-state index in [1.807, 2.05) is 4.90 Å². The van der Waals surface area contributed by atoms with Gasteiger partial charge >= 0.3 is 5.97 Å². The predicted octanol–water partition coefficient (Wildman–Crippen LogP) is 2.27. The zero-order chi connectivity index (χ0) is 14.3. The summed E-state index contributed by atoms with van der Waals surface area (Å²) < 4.78 is 0. The molecule has 0 aromatic carbocycles. The summed E-state index contributed by atoms with van der Waals surface area (Å²) in [5, 5.41) is 9.99. The summed E-state index contributed by atoms with van der Waals surface area (Å²) in [6.45, 7) is 3.30. The van der Waals surface area contributed by atoms with Crippen LogP contribution in [0.25, 0.3) is 0 Å². The molecule has 0 radical (unpaired) electrons. The van der Waals surface area contributed by atoms with Crippen molar-refractivity contribution in [3.8, 4) is 0 Å². The molecule has 0 atom stereocenters. The highest BCUT2D eigenvalue weighted by Crippen LogP contribution is 2.36. The van der Waals surface area contributed by atoms with Crippen LogP contribution in [0.15, 0.2) is 0 Å². The molecule has 5 nitrogen and oxygen atoms in total. The first-order chi connectivity index (χ1) is 9.56. The van der Waals surface area contributed by atoms with E-state index in [0.717, 1.165) is 43.8 Å². The van der Waals surface area contributed by atoms with E-state index in [-0.39, 0.29) is 5.92 Å². The van der Waals surface area contributed by atoms with Gasteiger partial charge in [0, 0.05) is 24.9 Å². The molecule has 2 fully saturated rings. The minimum atomic E-state index is -0.896. The molecule has 1 amide bonds. The Hall–Kier alpha value is -1.43. The van der Waals surface area contributed by atoms with Gasteiger partial charge in [0.15, 0.2) is 0 Å². The second-order valence-corrected chi connectivity index (χ2v) is 6.68. The van der Waals surface area contributed by atoms with E-state index in [4.69, 9.17) is 5.11 Å². The highest BCUT2D eigenvalue weighted by atomic mass is 32.1. The number of thiazole rings is 1. The minimum Gasteiger partial charge on any atom is -0.477 e. The molecule has 1 aliphatic heterocycles. The van der Waals surface area contributed by atoms with Gasteiger partial charge in [-0.25, -0.2) is 9.78 Å². The third kappa shape index (κ3) is 2.57. The van der Waals surface area contributed by atoms with Crippen LogP contribution in [0.4, 0.5) is 0 Å². The van der Waals surface area contributed by atoms with Crippen LogP contribution in [-0.2, 0) is 4.79 Å². The predicted molar refractivity (Wildman–Crippen MR) is 75.1 cm³/mol. The van der Waals surface area contributed by atoms with Crippen molar-refractivity contribution in [2.45, 2.75) is 38.5 Å². The Morgan fingerprint density at radius 3 is 2.40 bits per heavy atom. The van der Waals surface area contributed by atoms with Gasteiger partial charge in [0.1, 0.15) is 4.88 Å². The van der Waals surface area contributed by atoms with Crippen molar-refractivity contribution in [3.63, 3.8) is 0 Å². The highest BCUT2D eigenvalue weighted by Gasteiger charge is 2.35. The van der Waals surface area contributed by atoms with E-state index in [9.17, 15) is 9.59 Å². The second kappa shape index (κ2) is 5.16. The fourth-order valence-corrected chi connectivity index (χ4v) is 3.80. The molecule has 108 valence electrons. The maximum absolute atomic E-state index is 12.0. The van der Waals surface area contributed by atoms with Crippen LogP contribution >= 0.6 is 11.3 Å². The van der Waals surface area contributed by atoms with E-state index in [1.54, 1.807) is 6.92 Å². The number of aromatic nitrogens is 1. The molecule has 2 aliphatic rings. The first kappa shape index (κ1) is 13.5. The zero-order valence-electron chi connectivity index (χ0n) is 11.5. The van der Waals surface area contributed by atoms with E-state index >= 15 is 0 Å². The molecule has 3 rings (SSSR count). The average molecular weight is 294 g/mol. The number of piperidine rings is 1. The Morgan fingerprint density at radius 2 is 1.90 bits per heavy atom. The van der Waals surface area contributed by atoms with Gasteiger partial charge in [-0.1, -0.05) is 0 Å². The third-order valence-electron chi connectivity index (χ3n) is 4.09. The molecule has 1 aliphatic carbocycles. The molecule has 1 saturated carbocycles. The van der Waals surface area contributed by atoms with Gasteiger partial charge in [-0.05, 0) is 32.6 Å². The second-order valence-electron chi connectivity index (χ2n) is 5.65. The topological polar surface area (TPSA) is 70.5 Å². The van der Waals surface area contributed by atoms with Gasteiger partial charge in [-0.2, -0.15) is 0 Å². The molecule has 0 unspecified atom stereocenters. The lowest BCUT2D eigenvalue weighted by Crippen LogP contribution is -2.38. The maximum Gasteiger partial charge on any atom is 0.347 e. The highest BCUT2D eigenvalue weighted by molar-refractivity contribution is 7.13. The Balaban J connectivity index is 1.64. The summed E-state index contributed by atoms with van der Waals surface area (Å²) in [6, 6.07) is 0.